The monoisotopic (exact) mass is 423 g/mol. The van der Waals surface area contributed by atoms with Crippen LogP contribution >= 0.6 is 11.8 Å². The van der Waals surface area contributed by atoms with Crippen LogP contribution in [0.4, 0.5) is 8.78 Å². The summed E-state index contributed by atoms with van der Waals surface area (Å²) in [6, 6.07) is 0. The summed E-state index contributed by atoms with van der Waals surface area (Å²) in [6.45, 7) is 4.64. The fourth-order valence-corrected chi connectivity index (χ4v) is 6.05. The molecular weight excluding hydrogens is 396 g/mol. The van der Waals surface area contributed by atoms with Crippen LogP contribution in [0.3, 0.4) is 0 Å². The van der Waals surface area contributed by atoms with Crippen molar-refractivity contribution in [2.45, 2.75) is 43.9 Å². The van der Waals surface area contributed by atoms with Crippen LogP contribution in [0, 0.1) is 5.92 Å². The Labute approximate surface area is 174 Å². The van der Waals surface area contributed by atoms with Gasteiger partial charge >= 0.3 is 0 Å². The van der Waals surface area contributed by atoms with Crippen molar-refractivity contribution < 1.29 is 18.7 Å². The minimum absolute atomic E-state index is 0.0276. The summed E-state index contributed by atoms with van der Waals surface area (Å²) < 4.78 is 27.8. The van der Waals surface area contributed by atoms with Gasteiger partial charge in [0.05, 0.1) is 0 Å². The summed E-state index contributed by atoms with van der Waals surface area (Å²) in [7, 11) is 0. The number of carbonyl (C=O) groups excluding carboxylic acids is 1. The molecule has 0 aromatic carbocycles. The Morgan fingerprint density at radius 3 is 2.90 bits per heavy atom. The third-order valence-electron chi connectivity index (χ3n) is 5.58. The lowest BCUT2D eigenvalue weighted by Gasteiger charge is -2.48. The molecule has 0 bridgehead atoms. The fraction of sp³-hybridized carbons (Fsp3) is 0.524. The van der Waals surface area contributed by atoms with Gasteiger partial charge in [-0.1, -0.05) is 24.4 Å². The van der Waals surface area contributed by atoms with Gasteiger partial charge in [-0.15, -0.1) is 0 Å². The highest BCUT2D eigenvalue weighted by Gasteiger charge is 2.56. The second kappa shape index (κ2) is 9.26. The standard InChI is InChI=1S/C21H27F2N3O2S/c1-3-6-18(23)16(9-11-22)20-25-26(14(2)28)21(29-20)15(10-12-27)13-24-19-8-5-4-7-17(19)21/h3,6,9,15,24,27H,1,4-5,7-8,10-13H2,2H3/b16-9+,18-6+. The number of thioether (sulfide) groups is 1. The van der Waals surface area contributed by atoms with Gasteiger partial charge in [-0.2, -0.15) is 5.10 Å². The number of rotatable bonds is 6. The lowest BCUT2D eigenvalue weighted by atomic mass is 9.79. The molecule has 8 heteroatoms. The lowest BCUT2D eigenvalue weighted by molar-refractivity contribution is -0.132. The molecule has 2 unspecified atom stereocenters. The number of allylic oxidation sites excluding steroid dienone is 5. The largest absolute Gasteiger partial charge is 0.396 e. The molecule has 0 saturated carbocycles. The second-order valence-electron chi connectivity index (χ2n) is 7.31. The number of carbonyl (C=O) groups is 1. The van der Waals surface area contributed by atoms with Crippen molar-refractivity contribution in [3.8, 4) is 0 Å². The summed E-state index contributed by atoms with van der Waals surface area (Å²) in [5.74, 6) is -1.02. The van der Waals surface area contributed by atoms with Gasteiger partial charge in [0.25, 0.3) is 0 Å². The van der Waals surface area contributed by atoms with Crippen molar-refractivity contribution >= 4 is 22.7 Å². The van der Waals surface area contributed by atoms with E-state index in [4.69, 9.17) is 0 Å². The van der Waals surface area contributed by atoms with Crippen LogP contribution in [-0.4, -0.2) is 45.8 Å². The summed E-state index contributed by atoms with van der Waals surface area (Å²) in [5, 5.41) is 19.3. The van der Waals surface area contributed by atoms with E-state index in [2.05, 4.69) is 17.0 Å². The van der Waals surface area contributed by atoms with Gasteiger partial charge < -0.3 is 10.4 Å². The number of halogens is 2. The fourth-order valence-electron chi connectivity index (χ4n) is 4.37. The predicted molar refractivity (Wildman–Crippen MR) is 112 cm³/mol. The molecule has 2 heterocycles. The van der Waals surface area contributed by atoms with Crippen molar-refractivity contribution in [2.75, 3.05) is 19.8 Å². The number of hydrogen-bond donors (Lipinski definition) is 2. The second-order valence-corrected chi connectivity index (χ2v) is 8.52. The van der Waals surface area contributed by atoms with Crippen molar-refractivity contribution in [1.82, 2.24) is 10.3 Å². The molecule has 5 nitrogen and oxygen atoms in total. The van der Waals surface area contributed by atoms with E-state index in [1.807, 2.05) is 0 Å². The van der Waals surface area contributed by atoms with Crippen LogP contribution < -0.4 is 5.32 Å². The third-order valence-corrected chi connectivity index (χ3v) is 7.14. The Hall–Kier alpha value is -1.93. The van der Waals surface area contributed by atoms with E-state index in [1.54, 1.807) is 0 Å². The molecule has 3 rings (SSSR count). The molecule has 3 aliphatic rings. The van der Waals surface area contributed by atoms with Crippen molar-refractivity contribution in [3.05, 3.63) is 47.5 Å². The average molecular weight is 424 g/mol. The number of nitrogens with one attached hydrogen (secondary N) is 1. The lowest BCUT2D eigenvalue weighted by Crippen LogP contribution is -2.57. The molecule has 29 heavy (non-hydrogen) atoms. The summed E-state index contributed by atoms with van der Waals surface area (Å²) in [5.41, 5.74) is 2.22. The van der Waals surface area contributed by atoms with E-state index in [9.17, 15) is 18.7 Å². The number of hydrogen-bond acceptors (Lipinski definition) is 5. The molecule has 0 aromatic rings. The first-order valence-corrected chi connectivity index (χ1v) is 10.7. The first-order valence-electron chi connectivity index (χ1n) is 9.90. The van der Waals surface area contributed by atoms with Gasteiger partial charge in [0.2, 0.25) is 5.91 Å². The first kappa shape index (κ1) is 21.8. The van der Waals surface area contributed by atoms with Crippen molar-refractivity contribution in [2.24, 2.45) is 11.0 Å². The average Bonchev–Trinajstić information content (AvgIpc) is 3.10. The normalized spacial score (nSPS) is 27.7. The smallest absolute Gasteiger partial charge is 0.241 e. The van der Waals surface area contributed by atoms with Gasteiger partial charge in [0.15, 0.2) is 0 Å². The number of aliphatic hydroxyl groups excluding tert-OH is 1. The van der Waals surface area contributed by atoms with Gasteiger partial charge in [-0.3, -0.25) is 4.79 Å². The Balaban J connectivity index is 2.14. The molecule has 0 saturated heterocycles. The molecule has 0 aromatic heterocycles. The number of fused-ring (bicyclic) bond motifs is 1. The van der Waals surface area contributed by atoms with Crippen LogP contribution in [-0.2, 0) is 4.79 Å². The highest BCUT2D eigenvalue weighted by atomic mass is 32.2. The van der Waals surface area contributed by atoms with E-state index in [-0.39, 0.29) is 29.0 Å². The minimum Gasteiger partial charge on any atom is -0.396 e. The maximum absolute atomic E-state index is 14.7. The van der Waals surface area contributed by atoms with E-state index in [1.165, 1.54) is 29.8 Å². The molecule has 158 valence electrons. The number of amides is 1. The van der Waals surface area contributed by atoms with Gasteiger partial charge in [0, 0.05) is 37.3 Å². The molecule has 2 atom stereocenters. The zero-order chi connectivity index (χ0) is 21.0. The maximum Gasteiger partial charge on any atom is 0.241 e. The van der Waals surface area contributed by atoms with Crippen LogP contribution in [0.15, 0.2) is 52.6 Å². The molecule has 0 radical (unpaired) electrons. The molecule has 0 fully saturated rings. The van der Waals surface area contributed by atoms with Crippen molar-refractivity contribution in [1.29, 1.82) is 0 Å². The number of alkyl halides is 1. The zero-order valence-electron chi connectivity index (χ0n) is 16.6. The summed E-state index contributed by atoms with van der Waals surface area (Å²) in [6.07, 6.45) is 7.81. The minimum atomic E-state index is -0.851. The zero-order valence-corrected chi connectivity index (χ0v) is 17.4. The summed E-state index contributed by atoms with van der Waals surface area (Å²) in [4.78, 5) is 11.8. The Bertz CT molecular complexity index is 806. The van der Waals surface area contributed by atoms with Gasteiger partial charge in [-0.25, -0.2) is 13.8 Å². The van der Waals surface area contributed by atoms with E-state index in [0.717, 1.165) is 49.1 Å². The maximum atomic E-state index is 14.7. The van der Waals surface area contributed by atoms with E-state index >= 15 is 0 Å². The Morgan fingerprint density at radius 1 is 1.48 bits per heavy atom. The number of nitrogens with zero attached hydrogens (tertiary/aromatic N) is 2. The topological polar surface area (TPSA) is 64.9 Å². The quantitative estimate of drug-likeness (QED) is 0.635. The van der Waals surface area contributed by atoms with Crippen LogP contribution in [0.25, 0.3) is 0 Å². The molecule has 2 aliphatic heterocycles. The number of hydrazone groups is 1. The van der Waals surface area contributed by atoms with Crippen LogP contribution in [0.5, 0.6) is 0 Å². The number of aliphatic hydroxyl groups is 1. The molecule has 1 aliphatic carbocycles. The molecule has 1 spiro atoms. The molecular formula is C21H27F2N3O2S. The van der Waals surface area contributed by atoms with Gasteiger partial charge in [0.1, 0.15) is 22.4 Å². The van der Waals surface area contributed by atoms with Gasteiger partial charge in [-0.05, 0) is 49.8 Å². The Kier molecular flexibility index (Phi) is 6.95. The van der Waals surface area contributed by atoms with Crippen LogP contribution in [0.1, 0.15) is 39.0 Å². The van der Waals surface area contributed by atoms with E-state index in [0.29, 0.717) is 13.0 Å². The predicted octanol–water partition coefficient (Wildman–Crippen LogP) is 3.96. The van der Waals surface area contributed by atoms with Crippen LogP contribution in [0.2, 0.25) is 0 Å². The Morgan fingerprint density at radius 2 is 2.24 bits per heavy atom. The highest BCUT2D eigenvalue weighted by molar-refractivity contribution is 8.16. The van der Waals surface area contributed by atoms with E-state index < -0.39 is 17.4 Å². The first-order chi connectivity index (χ1) is 14.0. The third kappa shape index (κ3) is 3.92. The highest BCUT2D eigenvalue weighted by Crippen LogP contribution is 2.55. The molecule has 2 N–H and O–H groups in total. The summed E-state index contributed by atoms with van der Waals surface area (Å²) >= 11 is 1.30. The SMILES string of the molecule is C=C/C=C(F)\C(=C/CF)C1=NN(C(C)=O)C2(S1)C1=C(CCCC1)NCC2CCO. The van der Waals surface area contributed by atoms with Crippen molar-refractivity contribution in [3.63, 3.8) is 0 Å². The molecule has 1 amide bonds.